The van der Waals surface area contributed by atoms with Crippen LogP contribution in [-0.2, 0) is 9.59 Å². The number of ketones is 1. The number of anilines is 1. The molecule has 1 fully saturated rings. The van der Waals surface area contributed by atoms with Crippen LogP contribution in [0.25, 0.3) is 5.76 Å². The fourth-order valence-electron chi connectivity index (χ4n) is 4.19. The number of hydrogen-bond donors (Lipinski definition) is 2. The lowest BCUT2D eigenvalue weighted by molar-refractivity contribution is -0.132. The number of methoxy groups -OCH3 is 1. The Hall–Kier alpha value is -3.97. The average molecular weight is 508 g/mol. The summed E-state index contributed by atoms with van der Waals surface area (Å²) in [7, 11) is 1.50. The number of carbonyl (C=O) groups excluding carboxylic acids is 2. The molecule has 1 amide bonds. The first-order valence-corrected chi connectivity index (χ1v) is 11.8. The van der Waals surface area contributed by atoms with E-state index in [2.05, 4.69) is 0 Å². The van der Waals surface area contributed by atoms with Crippen LogP contribution in [0, 0.1) is 6.92 Å². The van der Waals surface area contributed by atoms with E-state index >= 15 is 0 Å². The number of aliphatic hydroxyl groups excluding tert-OH is 1. The van der Waals surface area contributed by atoms with Crippen LogP contribution in [0.15, 0.2) is 66.2 Å². The van der Waals surface area contributed by atoms with E-state index in [0.717, 1.165) is 12.0 Å². The number of aryl methyl sites for hydroxylation is 1. The van der Waals surface area contributed by atoms with Crippen molar-refractivity contribution in [2.75, 3.05) is 18.6 Å². The summed E-state index contributed by atoms with van der Waals surface area (Å²) in [4.78, 5) is 28.0. The number of aliphatic hydroxyl groups is 1. The number of amides is 1. The molecule has 8 heteroatoms. The molecule has 0 spiro atoms. The monoisotopic (exact) mass is 507 g/mol. The number of Topliss-reactive ketones (excluding diaryl/α,β-unsaturated/α-hetero) is 1. The van der Waals surface area contributed by atoms with E-state index < -0.39 is 17.7 Å². The Morgan fingerprint density at radius 1 is 1.08 bits per heavy atom. The van der Waals surface area contributed by atoms with Crippen LogP contribution in [0.5, 0.6) is 17.2 Å². The van der Waals surface area contributed by atoms with Gasteiger partial charge in [-0.1, -0.05) is 30.7 Å². The zero-order valence-corrected chi connectivity index (χ0v) is 20.9. The van der Waals surface area contributed by atoms with Crippen LogP contribution in [-0.4, -0.2) is 35.6 Å². The number of carbonyl (C=O) groups is 2. The standard InChI is InChI=1S/C28H26ClNO6/c1-4-12-36-23-11-9-18(13-16(23)2)26(32)24-25(17-8-10-22(31)21(29)14-17)30(28(34)27(24)33)19-6-5-7-20(15-19)35-3/h5-11,13-15,25,31-32H,4,12H2,1-3H3/b26-24-. The van der Waals surface area contributed by atoms with Gasteiger partial charge < -0.3 is 19.7 Å². The molecular formula is C28H26ClNO6. The Bertz CT molecular complexity index is 1370. The second-order valence-corrected chi connectivity index (χ2v) is 8.82. The Kier molecular flexibility index (Phi) is 7.22. The van der Waals surface area contributed by atoms with Crippen molar-refractivity contribution in [2.45, 2.75) is 26.3 Å². The van der Waals surface area contributed by atoms with Gasteiger partial charge in [-0.15, -0.1) is 0 Å². The van der Waals surface area contributed by atoms with Crippen LogP contribution < -0.4 is 14.4 Å². The molecule has 2 N–H and O–H groups in total. The molecule has 0 radical (unpaired) electrons. The van der Waals surface area contributed by atoms with Crippen molar-refractivity contribution >= 4 is 34.7 Å². The molecule has 0 aromatic heterocycles. The van der Waals surface area contributed by atoms with Gasteiger partial charge in [0.1, 0.15) is 23.0 Å². The van der Waals surface area contributed by atoms with Crippen molar-refractivity contribution in [3.8, 4) is 17.2 Å². The van der Waals surface area contributed by atoms with Gasteiger partial charge >= 0.3 is 0 Å². The minimum absolute atomic E-state index is 0.0528. The highest BCUT2D eigenvalue weighted by Gasteiger charge is 2.47. The fraction of sp³-hybridized carbons (Fsp3) is 0.214. The second kappa shape index (κ2) is 10.3. The first kappa shape index (κ1) is 25.1. The molecule has 3 aromatic rings. The third-order valence-electron chi connectivity index (χ3n) is 5.97. The Morgan fingerprint density at radius 3 is 2.53 bits per heavy atom. The highest BCUT2D eigenvalue weighted by molar-refractivity contribution is 6.51. The zero-order valence-electron chi connectivity index (χ0n) is 20.1. The number of phenols is 1. The van der Waals surface area contributed by atoms with Gasteiger partial charge in [-0.3, -0.25) is 14.5 Å². The van der Waals surface area contributed by atoms with Crippen LogP contribution in [0.1, 0.15) is 36.1 Å². The highest BCUT2D eigenvalue weighted by Crippen LogP contribution is 2.44. The highest BCUT2D eigenvalue weighted by atomic mass is 35.5. The molecule has 4 rings (SSSR count). The van der Waals surface area contributed by atoms with Gasteiger partial charge in [0.25, 0.3) is 11.7 Å². The quantitative estimate of drug-likeness (QED) is 0.239. The third-order valence-corrected chi connectivity index (χ3v) is 6.28. The van der Waals surface area contributed by atoms with E-state index in [1.165, 1.54) is 24.1 Å². The predicted molar refractivity (Wildman–Crippen MR) is 138 cm³/mol. The lowest BCUT2D eigenvalue weighted by atomic mass is 9.94. The summed E-state index contributed by atoms with van der Waals surface area (Å²) in [6, 6.07) is 15.2. The summed E-state index contributed by atoms with van der Waals surface area (Å²) in [6.45, 7) is 4.40. The van der Waals surface area contributed by atoms with Crippen molar-refractivity contribution < 1.29 is 29.3 Å². The smallest absolute Gasteiger partial charge is 0.300 e. The van der Waals surface area contributed by atoms with Crippen molar-refractivity contribution in [2.24, 2.45) is 0 Å². The minimum atomic E-state index is -0.994. The maximum Gasteiger partial charge on any atom is 0.300 e. The number of ether oxygens (including phenoxy) is 2. The largest absolute Gasteiger partial charge is 0.507 e. The maximum atomic E-state index is 13.3. The van der Waals surface area contributed by atoms with Crippen molar-refractivity contribution in [3.63, 3.8) is 0 Å². The first-order valence-electron chi connectivity index (χ1n) is 11.4. The molecule has 0 saturated carbocycles. The molecule has 1 atom stereocenters. The van der Waals surface area contributed by atoms with E-state index in [4.69, 9.17) is 21.1 Å². The lowest BCUT2D eigenvalue weighted by Gasteiger charge is -2.26. The molecule has 3 aromatic carbocycles. The third kappa shape index (κ3) is 4.62. The van der Waals surface area contributed by atoms with Gasteiger partial charge in [-0.05, 0) is 66.9 Å². The van der Waals surface area contributed by atoms with Crippen molar-refractivity contribution in [3.05, 3.63) is 87.9 Å². The summed E-state index contributed by atoms with van der Waals surface area (Å²) >= 11 is 6.18. The number of halogens is 1. The van der Waals surface area contributed by atoms with E-state index in [1.807, 2.05) is 13.8 Å². The van der Waals surface area contributed by atoms with Crippen molar-refractivity contribution in [1.82, 2.24) is 0 Å². The van der Waals surface area contributed by atoms with Gasteiger partial charge in [-0.2, -0.15) is 0 Å². The lowest BCUT2D eigenvalue weighted by Crippen LogP contribution is -2.29. The molecule has 36 heavy (non-hydrogen) atoms. The Balaban J connectivity index is 1.90. The van der Waals surface area contributed by atoms with Crippen LogP contribution in [0.4, 0.5) is 5.69 Å². The first-order chi connectivity index (χ1) is 17.3. The van der Waals surface area contributed by atoms with Gasteiger partial charge in [0.05, 0.1) is 30.4 Å². The predicted octanol–water partition coefficient (Wildman–Crippen LogP) is 5.78. The molecular weight excluding hydrogens is 482 g/mol. The SMILES string of the molecule is CCCOc1ccc(/C(O)=C2/C(=O)C(=O)N(c3cccc(OC)c3)C2c2ccc(O)c(Cl)c2)cc1C. The molecule has 186 valence electrons. The van der Waals surface area contributed by atoms with E-state index in [-0.39, 0.29) is 22.1 Å². The number of rotatable bonds is 7. The van der Waals surface area contributed by atoms with Gasteiger partial charge in [0.2, 0.25) is 0 Å². The Labute approximate surface area is 214 Å². The summed E-state index contributed by atoms with van der Waals surface area (Å²) in [5, 5.41) is 21.3. The van der Waals surface area contributed by atoms with Crippen LogP contribution >= 0.6 is 11.6 Å². The normalized spacial score (nSPS) is 16.9. The van der Waals surface area contributed by atoms with E-state index in [0.29, 0.717) is 34.9 Å². The summed E-state index contributed by atoms with van der Waals surface area (Å²) < 4.78 is 11.0. The van der Waals surface area contributed by atoms with Crippen LogP contribution in [0.3, 0.4) is 0 Å². The topological polar surface area (TPSA) is 96.3 Å². The number of hydrogen-bond acceptors (Lipinski definition) is 6. The zero-order chi connectivity index (χ0) is 26.0. The van der Waals surface area contributed by atoms with Gasteiger partial charge in [0, 0.05) is 17.3 Å². The number of benzene rings is 3. The molecule has 1 heterocycles. The maximum absolute atomic E-state index is 13.3. The molecule has 1 unspecified atom stereocenters. The fourth-order valence-corrected chi connectivity index (χ4v) is 4.38. The molecule has 0 bridgehead atoms. The average Bonchev–Trinajstić information content (AvgIpc) is 3.14. The van der Waals surface area contributed by atoms with E-state index in [1.54, 1.807) is 48.5 Å². The minimum Gasteiger partial charge on any atom is -0.507 e. The second-order valence-electron chi connectivity index (χ2n) is 8.41. The molecule has 1 aliphatic heterocycles. The van der Waals surface area contributed by atoms with E-state index in [9.17, 15) is 19.8 Å². The number of aromatic hydroxyl groups is 1. The Morgan fingerprint density at radius 2 is 1.86 bits per heavy atom. The van der Waals surface area contributed by atoms with Gasteiger partial charge in [-0.25, -0.2) is 0 Å². The van der Waals surface area contributed by atoms with Crippen molar-refractivity contribution in [1.29, 1.82) is 0 Å². The number of phenolic OH excluding ortho intramolecular Hbond substituents is 1. The summed E-state index contributed by atoms with van der Waals surface area (Å²) in [5.41, 5.74) is 1.91. The molecule has 0 aliphatic carbocycles. The summed E-state index contributed by atoms with van der Waals surface area (Å²) in [5.74, 6) is -0.940. The van der Waals surface area contributed by atoms with Crippen LogP contribution in [0.2, 0.25) is 5.02 Å². The van der Waals surface area contributed by atoms with Gasteiger partial charge in [0.15, 0.2) is 0 Å². The molecule has 7 nitrogen and oxygen atoms in total. The molecule has 1 saturated heterocycles. The number of nitrogens with zero attached hydrogens (tertiary/aromatic N) is 1. The summed E-state index contributed by atoms with van der Waals surface area (Å²) in [6.07, 6.45) is 0.851. The molecule has 1 aliphatic rings.